The van der Waals surface area contributed by atoms with Crippen LogP contribution < -0.4 is 9.88 Å². The van der Waals surface area contributed by atoms with E-state index in [1.807, 2.05) is 29.5 Å². The normalized spacial score (nSPS) is 11.4. The van der Waals surface area contributed by atoms with E-state index < -0.39 is 10.0 Å². The molecule has 0 aliphatic rings. The van der Waals surface area contributed by atoms with Crippen molar-refractivity contribution in [1.29, 1.82) is 0 Å². The molecular weight excluding hydrogens is 329 g/mol. The molecule has 1 aromatic rings. The Balaban J connectivity index is 3.21. The zero-order valence-electron chi connectivity index (χ0n) is 8.23. The molecule has 2 N–H and O–H groups in total. The SMILES string of the molecule is CCCOc1cccc(I)c1S(N)(=O)=O. The predicted octanol–water partition coefficient (Wildman–Crippen LogP) is 1.73. The van der Waals surface area contributed by atoms with Crippen LogP contribution in [-0.2, 0) is 10.0 Å². The Morgan fingerprint density at radius 3 is 2.67 bits per heavy atom. The molecule has 0 bridgehead atoms. The summed E-state index contributed by atoms with van der Waals surface area (Å²) >= 11 is 1.92. The molecule has 0 spiro atoms. The lowest BCUT2D eigenvalue weighted by atomic mass is 10.3. The molecule has 0 saturated carbocycles. The summed E-state index contributed by atoms with van der Waals surface area (Å²) in [5, 5.41) is 5.12. The Morgan fingerprint density at radius 2 is 2.13 bits per heavy atom. The third kappa shape index (κ3) is 3.32. The van der Waals surface area contributed by atoms with Gasteiger partial charge < -0.3 is 4.74 Å². The van der Waals surface area contributed by atoms with Gasteiger partial charge in [-0.2, -0.15) is 0 Å². The molecule has 0 aromatic heterocycles. The van der Waals surface area contributed by atoms with Gasteiger partial charge in [0.05, 0.1) is 6.61 Å². The molecule has 15 heavy (non-hydrogen) atoms. The summed E-state index contributed by atoms with van der Waals surface area (Å²) in [5.74, 6) is 0.325. The van der Waals surface area contributed by atoms with Gasteiger partial charge in [0.25, 0.3) is 0 Å². The van der Waals surface area contributed by atoms with Crippen molar-refractivity contribution in [2.45, 2.75) is 18.2 Å². The summed E-state index contributed by atoms with van der Waals surface area (Å²) < 4.78 is 28.6. The zero-order valence-corrected chi connectivity index (χ0v) is 11.2. The third-order valence-electron chi connectivity index (χ3n) is 1.68. The number of primary sulfonamides is 1. The van der Waals surface area contributed by atoms with Gasteiger partial charge >= 0.3 is 0 Å². The first kappa shape index (κ1) is 12.7. The second kappa shape index (κ2) is 5.13. The van der Waals surface area contributed by atoms with Crippen molar-refractivity contribution in [3.05, 3.63) is 21.8 Å². The minimum atomic E-state index is -3.73. The van der Waals surface area contributed by atoms with E-state index >= 15 is 0 Å². The molecule has 1 aromatic carbocycles. The second-order valence-corrected chi connectivity index (χ2v) is 5.62. The average molecular weight is 341 g/mol. The van der Waals surface area contributed by atoms with E-state index in [4.69, 9.17) is 9.88 Å². The molecule has 0 aliphatic heterocycles. The van der Waals surface area contributed by atoms with Gasteiger partial charge in [-0.15, -0.1) is 0 Å². The molecule has 84 valence electrons. The van der Waals surface area contributed by atoms with Crippen molar-refractivity contribution in [3.63, 3.8) is 0 Å². The Morgan fingerprint density at radius 1 is 1.47 bits per heavy atom. The third-order valence-corrected chi connectivity index (χ3v) is 3.93. The first-order chi connectivity index (χ1) is 6.96. The van der Waals surface area contributed by atoms with Crippen LogP contribution in [0.1, 0.15) is 13.3 Å². The molecule has 1 rings (SSSR count). The summed E-state index contributed by atoms with van der Waals surface area (Å²) in [5.41, 5.74) is 0. The van der Waals surface area contributed by atoms with Crippen molar-refractivity contribution < 1.29 is 13.2 Å². The van der Waals surface area contributed by atoms with Crippen LogP contribution in [0, 0.1) is 3.57 Å². The van der Waals surface area contributed by atoms with Gasteiger partial charge in [-0.3, -0.25) is 0 Å². The number of hydrogen-bond acceptors (Lipinski definition) is 3. The molecule has 4 nitrogen and oxygen atoms in total. The van der Waals surface area contributed by atoms with E-state index in [9.17, 15) is 8.42 Å². The molecule has 0 atom stereocenters. The minimum Gasteiger partial charge on any atom is -0.492 e. The van der Waals surface area contributed by atoms with Crippen molar-refractivity contribution in [3.8, 4) is 5.75 Å². The smallest absolute Gasteiger partial charge is 0.242 e. The monoisotopic (exact) mass is 341 g/mol. The number of halogens is 1. The largest absolute Gasteiger partial charge is 0.492 e. The highest BCUT2D eigenvalue weighted by atomic mass is 127. The van der Waals surface area contributed by atoms with Crippen LogP contribution in [0.15, 0.2) is 23.1 Å². The van der Waals surface area contributed by atoms with E-state index in [2.05, 4.69) is 0 Å². The topological polar surface area (TPSA) is 69.4 Å². The molecule has 0 aliphatic carbocycles. The highest BCUT2D eigenvalue weighted by Gasteiger charge is 2.18. The van der Waals surface area contributed by atoms with Crippen LogP contribution in [0.5, 0.6) is 5.75 Å². The zero-order chi connectivity index (χ0) is 11.5. The Labute approximate surface area is 103 Å². The summed E-state index contributed by atoms with van der Waals surface area (Å²) in [7, 11) is -3.73. The summed E-state index contributed by atoms with van der Waals surface area (Å²) in [6.45, 7) is 2.42. The Kier molecular flexibility index (Phi) is 4.35. The highest BCUT2D eigenvalue weighted by Crippen LogP contribution is 2.27. The number of hydrogen-bond donors (Lipinski definition) is 1. The van der Waals surface area contributed by atoms with Crippen molar-refractivity contribution in [2.24, 2.45) is 5.14 Å². The van der Waals surface area contributed by atoms with Gasteiger partial charge in [0.2, 0.25) is 10.0 Å². The van der Waals surface area contributed by atoms with Crippen LogP contribution >= 0.6 is 22.6 Å². The fourth-order valence-corrected chi connectivity index (χ4v) is 3.23. The molecule has 0 amide bonds. The average Bonchev–Trinajstić information content (AvgIpc) is 2.12. The lowest BCUT2D eigenvalue weighted by Crippen LogP contribution is -2.15. The predicted molar refractivity (Wildman–Crippen MR) is 66.3 cm³/mol. The Bertz CT molecular complexity index is 445. The number of ether oxygens (including phenoxy) is 1. The maximum atomic E-state index is 11.3. The van der Waals surface area contributed by atoms with Crippen LogP contribution in [0.3, 0.4) is 0 Å². The van der Waals surface area contributed by atoms with Gasteiger partial charge in [-0.05, 0) is 41.1 Å². The summed E-state index contributed by atoms with van der Waals surface area (Å²) in [6, 6.07) is 5.03. The molecule has 6 heteroatoms. The van der Waals surface area contributed by atoms with Gasteiger partial charge in [0, 0.05) is 3.57 Å². The molecule has 0 saturated heterocycles. The Hall–Kier alpha value is -0.340. The molecule has 0 heterocycles. The van der Waals surface area contributed by atoms with E-state index in [0.717, 1.165) is 6.42 Å². The molecule has 0 radical (unpaired) electrons. The molecular formula is C9H12INO3S. The fourth-order valence-electron chi connectivity index (χ4n) is 1.09. The number of nitrogens with two attached hydrogens (primary N) is 1. The maximum Gasteiger partial charge on any atom is 0.242 e. The number of rotatable bonds is 4. The molecule has 0 fully saturated rings. The summed E-state index contributed by atoms with van der Waals surface area (Å²) in [4.78, 5) is 0.0686. The lowest BCUT2D eigenvalue weighted by Gasteiger charge is -2.10. The van der Waals surface area contributed by atoms with Crippen LogP contribution in [-0.4, -0.2) is 15.0 Å². The van der Waals surface area contributed by atoms with Gasteiger partial charge in [0.1, 0.15) is 10.6 Å². The van der Waals surface area contributed by atoms with Crippen LogP contribution in [0.25, 0.3) is 0 Å². The lowest BCUT2D eigenvalue weighted by molar-refractivity contribution is 0.309. The van der Waals surface area contributed by atoms with Crippen LogP contribution in [0.4, 0.5) is 0 Å². The maximum absolute atomic E-state index is 11.3. The van der Waals surface area contributed by atoms with Crippen molar-refractivity contribution in [2.75, 3.05) is 6.61 Å². The molecule has 0 unspecified atom stereocenters. The van der Waals surface area contributed by atoms with E-state index in [1.165, 1.54) is 0 Å². The highest BCUT2D eigenvalue weighted by molar-refractivity contribution is 14.1. The minimum absolute atomic E-state index is 0.0686. The number of sulfonamides is 1. The standard InChI is InChI=1S/C9H12INO3S/c1-2-6-14-8-5-3-4-7(10)9(8)15(11,12)13/h3-5H,2,6H2,1H3,(H2,11,12,13). The first-order valence-electron chi connectivity index (χ1n) is 4.41. The van der Waals surface area contributed by atoms with E-state index in [1.54, 1.807) is 18.2 Å². The van der Waals surface area contributed by atoms with Crippen molar-refractivity contribution >= 4 is 32.6 Å². The first-order valence-corrected chi connectivity index (χ1v) is 7.03. The van der Waals surface area contributed by atoms with E-state index in [0.29, 0.717) is 15.9 Å². The van der Waals surface area contributed by atoms with Crippen molar-refractivity contribution in [1.82, 2.24) is 0 Å². The second-order valence-electron chi connectivity index (χ2n) is 2.96. The summed E-state index contributed by atoms with van der Waals surface area (Å²) in [6.07, 6.45) is 0.815. The van der Waals surface area contributed by atoms with Crippen LogP contribution in [0.2, 0.25) is 0 Å². The number of benzene rings is 1. The van der Waals surface area contributed by atoms with Gasteiger partial charge in [-0.1, -0.05) is 13.0 Å². The quantitative estimate of drug-likeness (QED) is 0.848. The van der Waals surface area contributed by atoms with E-state index in [-0.39, 0.29) is 4.90 Å². The van der Waals surface area contributed by atoms with Gasteiger partial charge in [0.15, 0.2) is 0 Å². The van der Waals surface area contributed by atoms with Gasteiger partial charge in [-0.25, -0.2) is 13.6 Å². The fraction of sp³-hybridized carbons (Fsp3) is 0.333.